The zero-order chi connectivity index (χ0) is 78.0. The molecule has 588 valence electrons. The fourth-order valence-corrected chi connectivity index (χ4v) is 19.0. The molecule has 0 bridgehead atoms. The van der Waals surface area contributed by atoms with Gasteiger partial charge in [-0.15, -0.1) is 23.1 Å². The summed E-state index contributed by atoms with van der Waals surface area (Å²) in [4.78, 5) is 85.9. The van der Waals surface area contributed by atoms with Crippen molar-refractivity contribution in [2.24, 2.45) is 10.8 Å². The second-order valence-corrected chi connectivity index (χ2v) is 36.5. The van der Waals surface area contributed by atoms with E-state index in [1.807, 2.05) is 111 Å². The summed E-state index contributed by atoms with van der Waals surface area (Å²) in [6, 6.07) is 31.1. The molecule has 5 amide bonds. The Hall–Kier alpha value is -7.45. The number of hydrogen-bond acceptors (Lipinski definition) is 19. The second-order valence-electron chi connectivity index (χ2n) is 30.5. The average Bonchev–Trinajstić information content (AvgIpc) is 1.62. The first-order valence-electron chi connectivity index (χ1n) is 37.2. The van der Waals surface area contributed by atoms with E-state index in [1.165, 1.54) is 39.9 Å². The number of alkyl halides is 3. The predicted molar refractivity (Wildman–Crippen MR) is 419 cm³/mol. The molecule has 11 rings (SSSR count). The predicted octanol–water partition coefficient (Wildman–Crippen LogP) is 10.9. The zero-order valence-corrected chi connectivity index (χ0v) is 66.5. The Bertz CT molecular complexity index is 4440. The van der Waals surface area contributed by atoms with E-state index < -0.39 is 88.2 Å². The smallest absolute Gasteiger partial charge is 0.391 e. The second kappa shape index (κ2) is 35.9. The number of benzene rings is 5. The van der Waals surface area contributed by atoms with E-state index in [-0.39, 0.29) is 61.1 Å². The van der Waals surface area contributed by atoms with Gasteiger partial charge in [-0.05, 0) is 146 Å². The standard InChI is InChI=1S/C79H99ClF3N11O11S4/c1-53(55-15-17-57(18-16-55)72-54(2)84-52-107-72)85-75(99)68-45-63(95)49-94(68)76(100)73(77(3,4)5)87-70(96)13-10-14-71(97)93-39-35-91(36-40-93)51-78(6)31-29-66(56-19-23-60(80)24-20-56)59(47-78)48-90-33-37-92(38-34-90)62-25-21-58(22-26-62)74(98)88-109(103,104)65-27-28-67(69(46-65)108(101,102)79(81,82)83)86-61(30-32-89-41-43-105-44-42-89)50-106-64-11-8-7-9-12-64/h7-9,11-12,15-28,46,52-53,61,63,68,73,86,95H,10,13-14,29-45,47-51H2,1-6H3,(H,85,99)(H,87,96)(H,88,98)/t53-,61+,63+,68-,73+,78?/m0/s1. The zero-order valence-electron chi connectivity index (χ0n) is 62.5. The first-order chi connectivity index (χ1) is 51.8. The van der Waals surface area contributed by atoms with Crippen molar-refractivity contribution in [1.82, 2.24) is 44.8 Å². The van der Waals surface area contributed by atoms with Gasteiger partial charge in [0, 0.05) is 144 Å². The molecule has 22 nitrogen and oxygen atoms in total. The fourth-order valence-electron chi connectivity index (χ4n) is 15.0. The number of thioether (sulfide) groups is 1. The number of aliphatic hydroxyl groups excluding tert-OH is 1. The number of rotatable bonds is 28. The number of aryl methyl sites for hydroxylation is 1. The highest BCUT2D eigenvalue weighted by atomic mass is 35.5. The molecule has 5 heterocycles. The Morgan fingerprint density at radius 3 is 2.12 bits per heavy atom. The first kappa shape index (κ1) is 82.5. The summed E-state index contributed by atoms with van der Waals surface area (Å²) in [6.45, 7) is 21.3. The molecule has 5 aliphatic rings. The Morgan fingerprint density at radius 1 is 0.798 bits per heavy atom. The molecule has 109 heavy (non-hydrogen) atoms. The Labute approximate surface area is 650 Å². The number of β-amino-alcohol motifs (C(OH)–C–C–N with tert-alkyl or cyclic N) is 1. The summed E-state index contributed by atoms with van der Waals surface area (Å²) < 4.78 is 105. The van der Waals surface area contributed by atoms with E-state index in [0.29, 0.717) is 108 Å². The lowest BCUT2D eigenvalue weighted by Gasteiger charge is -2.44. The molecule has 1 aromatic heterocycles. The van der Waals surface area contributed by atoms with Crippen molar-refractivity contribution in [2.75, 3.05) is 121 Å². The third-order valence-electron chi connectivity index (χ3n) is 21.2. The van der Waals surface area contributed by atoms with E-state index in [1.54, 1.807) is 29.0 Å². The molecule has 6 aromatic rings. The van der Waals surface area contributed by atoms with Crippen LogP contribution < -0.4 is 25.6 Å². The number of morpholine rings is 1. The summed E-state index contributed by atoms with van der Waals surface area (Å²) >= 11 is 9.39. The molecule has 6 atom stereocenters. The van der Waals surface area contributed by atoms with Crippen molar-refractivity contribution in [3.8, 4) is 10.4 Å². The van der Waals surface area contributed by atoms with Crippen LogP contribution in [0.4, 0.5) is 24.5 Å². The summed E-state index contributed by atoms with van der Waals surface area (Å²) in [6.07, 6.45) is 2.69. The van der Waals surface area contributed by atoms with Crippen molar-refractivity contribution >= 4 is 101 Å². The number of ether oxygens (including phenoxy) is 1. The fraction of sp³-hybridized carbons (Fsp3) is 0.494. The van der Waals surface area contributed by atoms with Gasteiger partial charge in [0.15, 0.2) is 0 Å². The highest BCUT2D eigenvalue weighted by Gasteiger charge is 2.49. The minimum atomic E-state index is -6.11. The third kappa shape index (κ3) is 21.4. The van der Waals surface area contributed by atoms with Gasteiger partial charge in [0.1, 0.15) is 17.0 Å². The Kier molecular flexibility index (Phi) is 27.2. The van der Waals surface area contributed by atoms with Crippen LogP contribution in [0.1, 0.15) is 119 Å². The number of aromatic nitrogens is 1. The number of carbonyl (C=O) groups is 5. The topological polar surface area (TPSA) is 264 Å². The molecule has 5 aromatic carbocycles. The van der Waals surface area contributed by atoms with Crippen LogP contribution in [0.2, 0.25) is 5.02 Å². The van der Waals surface area contributed by atoms with Crippen LogP contribution in [0.25, 0.3) is 16.0 Å². The Morgan fingerprint density at radius 2 is 1.47 bits per heavy atom. The normalized spacial score (nSPS) is 20.3. The minimum absolute atomic E-state index is 0.0186. The number of allylic oxidation sites excluding steroid dienone is 1. The number of anilines is 2. The number of sulfone groups is 1. The van der Waals surface area contributed by atoms with E-state index in [0.717, 1.165) is 82.3 Å². The van der Waals surface area contributed by atoms with E-state index >= 15 is 0 Å². The molecule has 0 spiro atoms. The summed E-state index contributed by atoms with van der Waals surface area (Å²) in [7, 11) is -11.0. The van der Waals surface area contributed by atoms with Crippen LogP contribution in [-0.2, 0) is 43.8 Å². The van der Waals surface area contributed by atoms with Crippen molar-refractivity contribution in [3.05, 3.63) is 160 Å². The first-order valence-corrected chi connectivity index (χ1v) is 42.4. The largest absolute Gasteiger partial charge is 0.501 e. The monoisotopic (exact) mass is 1600 g/mol. The van der Waals surface area contributed by atoms with Crippen molar-refractivity contribution < 1.29 is 63.8 Å². The lowest BCUT2D eigenvalue weighted by Crippen LogP contribution is -2.57. The van der Waals surface area contributed by atoms with Crippen LogP contribution >= 0.6 is 34.7 Å². The summed E-state index contributed by atoms with van der Waals surface area (Å²) in [5.74, 6) is -2.00. The van der Waals surface area contributed by atoms with Crippen LogP contribution in [0, 0.1) is 17.8 Å². The highest BCUT2D eigenvalue weighted by molar-refractivity contribution is 7.99. The van der Waals surface area contributed by atoms with Crippen molar-refractivity contribution in [3.63, 3.8) is 0 Å². The molecule has 1 unspecified atom stereocenters. The van der Waals surface area contributed by atoms with Gasteiger partial charge < -0.3 is 40.5 Å². The summed E-state index contributed by atoms with van der Waals surface area (Å²) in [5.41, 5.74) is 2.14. The number of hydrogen-bond donors (Lipinski definition) is 5. The lowest BCUT2D eigenvalue weighted by molar-refractivity contribution is -0.144. The van der Waals surface area contributed by atoms with Crippen LogP contribution in [-0.4, -0.2) is 221 Å². The number of carbonyl (C=O) groups excluding carboxylic acids is 5. The summed E-state index contributed by atoms with van der Waals surface area (Å²) in [5, 5.41) is 20.4. The maximum atomic E-state index is 14.4. The lowest BCUT2D eigenvalue weighted by atomic mass is 9.71. The van der Waals surface area contributed by atoms with Crippen molar-refractivity contribution in [2.45, 2.75) is 143 Å². The third-order valence-corrected chi connectivity index (χ3v) is 26.5. The van der Waals surface area contributed by atoms with E-state index in [9.17, 15) is 59.1 Å². The van der Waals surface area contributed by atoms with Gasteiger partial charge in [0.05, 0.1) is 52.0 Å². The maximum Gasteiger partial charge on any atom is 0.501 e. The van der Waals surface area contributed by atoms with Gasteiger partial charge in [0.25, 0.3) is 25.8 Å². The average molecular weight is 1600 g/mol. The molecular weight excluding hydrogens is 1500 g/mol. The molecule has 4 aliphatic heterocycles. The molecule has 0 saturated carbocycles. The van der Waals surface area contributed by atoms with Gasteiger partial charge in [-0.3, -0.25) is 38.7 Å². The van der Waals surface area contributed by atoms with Crippen molar-refractivity contribution in [1.29, 1.82) is 0 Å². The molecule has 4 saturated heterocycles. The minimum Gasteiger partial charge on any atom is -0.391 e. The highest BCUT2D eigenvalue weighted by Crippen LogP contribution is 2.45. The number of amides is 5. The number of likely N-dealkylation sites (tertiary alicyclic amines) is 1. The van der Waals surface area contributed by atoms with Crippen LogP contribution in [0.15, 0.2) is 147 Å². The molecule has 30 heteroatoms. The van der Waals surface area contributed by atoms with Gasteiger partial charge in [-0.1, -0.05) is 99.5 Å². The number of sulfonamides is 1. The maximum absolute atomic E-state index is 14.4. The quantitative estimate of drug-likeness (QED) is 0.0286. The Balaban J connectivity index is 0.647. The molecule has 1 aliphatic carbocycles. The number of nitrogens with zero attached hydrogens (tertiary/aromatic N) is 7. The van der Waals surface area contributed by atoms with E-state index in [4.69, 9.17) is 16.3 Å². The van der Waals surface area contributed by atoms with Gasteiger partial charge >= 0.3 is 5.51 Å². The number of thiazole rings is 1. The van der Waals surface area contributed by atoms with E-state index in [2.05, 4.69) is 59.6 Å². The van der Waals surface area contributed by atoms with Gasteiger partial charge in [-0.2, -0.15) is 13.2 Å². The van der Waals surface area contributed by atoms with Gasteiger partial charge in [-0.25, -0.2) is 26.5 Å². The molecule has 0 radical (unpaired) electrons. The molecule has 4 fully saturated rings. The molecular formula is C79H99ClF3N11O11S4. The number of piperazine rings is 2. The molecule has 5 N–H and O–H groups in total. The number of nitrogens with one attached hydrogen (secondary N) is 4. The van der Waals surface area contributed by atoms with Crippen LogP contribution in [0.5, 0.6) is 0 Å². The number of aliphatic hydroxyl groups is 1. The SMILES string of the molecule is Cc1ncsc1-c1ccc([C@H](C)NC(=O)[C@@H]2C[C@@H](O)CN2C(=O)[C@@H](NC(=O)CCCC(=O)N2CCN(CC3(C)CCC(c4ccc(Cl)cc4)=C(CN4CCN(c5ccc(C(=O)NS(=O)(=O)c6ccc(N[C@H](CCN7CCOCC7)CSc7ccccc7)c(S(=O)(=O)C(F)(F)F)c6)cc5)CC4)C3)CC2)C(C)(C)C)cc1. The van der Waals surface area contributed by atoms with Gasteiger partial charge in [0.2, 0.25) is 23.6 Å². The number of halogens is 4. The van der Waals surface area contributed by atoms with Crippen LogP contribution in [0.3, 0.4) is 0 Å².